The summed E-state index contributed by atoms with van der Waals surface area (Å²) in [5.74, 6) is 0.384. The Morgan fingerprint density at radius 3 is 2.70 bits per heavy atom. The lowest BCUT2D eigenvalue weighted by Crippen LogP contribution is -2.15. The molecule has 0 aliphatic rings. The molecular formula is C12H12ClN3O3S. The minimum atomic E-state index is -3.82. The van der Waals surface area contributed by atoms with E-state index in [0.717, 1.165) is 0 Å². The Morgan fingerprint density at radius 2 is 2.10 bits per heavy atom. The summed E-state index contributed by atoms with van der Waals surface area (Å²) < 4.78 is 31.7. The number of nitrogen functional groups attached to an aromatic ring is 1. The van der Waals surface area contributed by atoms with Gasteiger partial charge in [-0.15, -0.1) is 0 Å². The monoisotopic (exact) mass is 313 g/mol. The van der Waals surface area contributed by atoms with E-state index >= 15 is 0 Å². The Balaban J connectivity index is 2.34. The predicted octanol–water partition coefficient (Wildman–Crippen LogP) is 2.13. The van der Waals surface area contributed by atoms with Crippen LogP contribution in [0.3, 0.4) is 0 Å². The van der Waals surface area contributed by atoms with Crippen molar-refractivity contribution in [1.29, 1.82) is 0 Å². The molecule has 2 aromatic rings. The number of pyridine rings is 1. The second-order valence-corrected chi connectivity index (χ2v) is 5.90. The van der Waals surface area contributed by atoms with Gasteiger partial charge in [-0.1, -0.05) is 11.6 Å². The van der Waals surface area contributed by atoms with E-state index in [4.69, 9.17) is 22.1 Å². The summed E-state index contributed by atoms with van der Waals surface area (Å²) in [5.41, 5.74) is 5.86. The molecule has 0 saturated carbocycles. The second kappa shape index (κ2) is 5.56. The Morgan fingerprint density at radius 1 is 1.35 bits per heavy atom. The van der Waals surface area contributed by atoms with Crippen molar-refractivity contribution >= 4 is 33.1 Å². The Kier molecular flexibility index (Phi) is 4.01. The average Bonchev–Trinajstić information content (AvgIpc) is 2.38. The van der Waals surface area contributed by atoms with Crippen LogP contribution in [0.1, 0.15) is 0 Å². The highest BCUT2D eigenvalue weighted by Gasteiger charge is 2.18. The highest BCUT2D eigenvalue weighted by Crippen LogP contribution is 2.28. The van der Waals surface area contributed by atoms with Crippen molar-refractivity contribution in [2.24, 2.45) is 0 Å². The van der Waals surface area contributed by atoms with Crippen molar-refractivity contribution in [3.05, 3.63) is 41.6 Å². The number of hydrogen-bond donors (Lipinski definition) is 2. The Labute approximate surface area is 121 Å². The number of nitrogens with one attached hydrogen (secondary N) is 1. The zero-order valence-electron chi connectivity index (χ0n) is 10.5. The third-order valence-corrected chi connectivity index (χ3v) is 4.22. The van der Waals surface area contributed by atoms with Crippen molar-refractivity contribution < 1.29 is 13.2 Å². The van der Waals surface area contributed by atoms with Crippen LogP contribution in [0.5, 0.6) is 5.75 Å². The molecule has 0 bridgehead atoms. The summed E-state index contributed by atoms with van der Waals surface area (Å²) in [6, 6.07) is 7.41. The van der Waals surface area contributed by atoms with Crippen molar-refractivity contribution in [1.82, 2.24) is 4.98 Å². The van der Waals surface area contributed by atoms with E-state index in [2.05, 4.69) is 9.71 Å². The molecule has 8 heteroatoms. The maximum Gasteiger partial charge on any atom is 0.265 e. The maximum atomic E-state index is 12.2. The molecule has 0 atom stereocenters. The van der Waals surface area contributed by atoms with E-state index in [1.165, 1.54) is 37.6 Å². The zero-order chi connectivity index (χ0) is 14.8. The van der Waals surface area contributed by atoms with Gasteiger partial charge in [0.25, 0.3) is 10.0 Å². The maximum absolute atomic E-state index is 12.2. The fourth-order valence-electron chi connectivity index (χ4n) is 1.57. The van der Waals surface area contributed by atoms with Gasteiger partial charge in [-0.3, -0.25) is 4.72 Å². The number of aromatic nitrogens is 1. The molecule has 1 heterocycles. The topological polar surface area (TPSA) is 94.3 Å². The first kappa shape index (κ1) is 14.4. The number of rotatable bonds is 4. The molecule has 2 rings (SSSR count). The number of hydrogen-bond acceptors (Lipinski definition) is 5. The molecule has 0 spiro atoms. The fourth-order valence-corrected chi connectivity index (χ4v) is 2.96. The van der Waals surface area contributed by atoms with Gasteiger partial charge in [-0.05, 0) is 30.3 Å². The first-order chi connectivity index (χ1) is 9.44. The molecule has 6 nitrogen and oxygen atoms in total. The van der Waals surface area contributed by atoms with Crippen LogP contribution in [-0.2, 0) is 10.0 Å². The molecule has 0 fully saturated rings. The number of ether oxygens (including phenoxy) is 1. The predicted molar refractivity (Wildman–Crippen MR) is 77.5 cm³/mol. The van der Waals surface area contributed by atoms with Crippen LogP contribution < -0.4 is 15.2 Å². The van der Waals surface area contributed by atoms with E-state index < -0.39 is 10.0 Å². The van der Waals surface area contributed by atoms with E-state index in [9.17, 15) is 8.42 Å². The van der Waals surface area contributed by atoms with Gasteiger partial charge in [-0.2, -0.15) is 0 Å². The molecule has 1 aromatic carbocycles. The zero-order valence-corrected chi connectivity index (χ0v) is 12.1. The number of halogens is 1. The quantitative estimate of drug-likeness (QED) is 0.901. The van der Waals surface area contributed by atoms with E-state index in [1.54, 1.807) is 6.07 Å². The molecule has 3 N–H and O–H groups in total. The highest BCUT2D eigenvalue weighted by molar-refractivity contribution is 7.92. The smallest absolute Gasteiger partial charge is 0.265 e. The van der Waals surface area contributed by atoms with Crippen molar-refractivity contribution in [2.45, 2.75) is 4.90 Å². The van der Waals surface area contributed by atoms with Crippen molar-refractivity contribution in [2.75, 3.05) is 17.6 Å². The largest absolute Gasteiger partial charge is 0.495 e. The minimum absolute atomic E-state index is 0.0698. The second-order valence-electron chi connectivity index (χ2n) is 3.84. The van der Waals surface area contributed by atoms with E-state index in [-0.39, 0.29) is 10.7 Å². The minimum Gasteiger partial charge on any atom is -0.495 e. The summed E-state index contributed by atoms with van der Waals surface area (Å²) >= 11 is 5.94. The third-order valence-electron chi connectivity index (χ3n) is 2.49. The van der Waals surface area contributed by atoms with Crippen LogP contribution in [0.4, 0.5) is 11.5 Å². The first-order valence-electron chi connectivity index (χ1n) is 5.51. The Hall–Kier alpha value is -1.99. The van der Waals surface area contributed by atoms with Gasteiger partial charge in [-0.25, -0.2) is 13.4 Å². The van der Waals surface area contributed by atoms with Gasteiger partial charge in [0.1, 0.15) is 16.5 Å². The van der Waals surface area contributed by atoms with Crippen LogP contribution in [0, 0.1) is 0 Å². The molecule has 0 saturated heterocycles. The molecule has 20 heavy (non-hydrogen) atoms. The summed E-state index contributed by atoms with van der Waals surface area (Å²) in [7, 11) is -2.34. The lowest BCUT2D eigenvalue weighted by atomic mass is 10.3. The number of sulfonamides is 1. The Bertz CT molecular complexity index is 734. The summed E-state index contributed by atoms with van der Waals surface area (Å²) in [5, 5.41) is 0.298. The number of nitrogens with zero attached hydrogens (tertiary/aromatic N) is 1. The van der Waals surface area contributed by atoms with Gasteiger partial charge in [0.15, 0.2) is 0 Å². The van der Waals surface area contributed by atoms with Gasteiger partial charge in [0.2, 0.25) is 0 Å². The third kappa shape index (κ3) is 2.94. The number of methoxy groups -OCH3 is 1. The number of anilines is 2. The van der Waals surface area contributed by atoms with E-state index in [1.807, 2.05) is 0 Å². The van der Waals surface area contributed by atoms with Crippen LogP contribution in [-0.4, -0.2) is 20.5 Å². The molecule has 1 aromatic heterocycles. The lowest BCUT2D eigenvalue weighted by Gasteiger charge is -2.10. The van der Waals surface area contributed by atoms with Gasteiger partial charge in [0, 0.05) is 6.20 Å². The normalized spacial score (nSPS) is 11.1. The molecule has 0 aliphatic carbocycles. The summed E-state index contributed by atoms with van der Waals surface area (Å²) in [4.78, 5) is 3.65. The first-order valence-corrected chi connectivity index (χ1v) is 7.37. The highest BCUT2D eigenvalue weighted by atomic mass is 35.5. The van der Waals surface area contributed by atoms with E-state index in [0.29, 0.717) is 16.5 Å². The van der Waals surface area contributed by atoms with Crippen molar-refractivity contribution in [3.8, 4) is 5.75 Å². The van der Waals surface area contributed by atoms with Gasteiger partial charge < -0.3 is 10.5 Å². The fraction of sp³-hybridized carbons (Fsp3) is 0.0833. The molecule has 0 unspecified atom stereocenters. The lowest BCUT2D eigenvalue weighted by molar-refractivity contribution is 0.415. The summed E-state index contributed by atoms with van der Waals surface area (Å²) in [6.45, 7) is 0. The molecule has 0 amide bonds. The molecular weight excluding hydrogens is 302 g/mol. The SMILES string of the molecule is COc1ccc(NS(=O)(=O)c2cccnc2N)cc1Cl. The van der Waals surface area contributed by atoms with Crippen LogP contribution in [0.2, 0.25) is 5.02 Å². The van der Waals surface area contributed by atoms with Gasteiger partial charge in [0.05, 0.1) is 17.8 Å². The number of nitrogens with two attached hydrogens (primary N) is 1. The number of benzene rings is 1. The molecule has 0 aliphatic heterocycles. The van der Waals surface area contributed by atoms with Gasteiger partial charge >= 0.3 is 0 Å². The molecule has 0 radical (unpaired) electrons. The van der Waals surface area contributed by atoms with Crippen LogP contribution in [0.25, 0.3) is 0 Å². The van der Waals surface area contributed by atoms with Crippen LogP contribution in [0.15, 0.2) is 41.4 Å². The van der Waals surface area contributed by atoms with Crippen molar-refractivity contribution in [3.63, 3.8) is 0 Å². The summed E-state index contributed by atoms with van der Waals surface area (Å²) in [6.07, 6.45) is 1.42. The average molecular weight is 314 g/mol. The van der Waals surface area contributed by atoms with Crippen LogP contribution >= 0.6 is 11.6 Å². The standard InChI is InChI=1S/C12H12ClN3O3S/c1-19-10-5-4-8(7-9(10)13)16-20(17,18)11-3-2-6-15-12(11)14/h2-7,16H,1H3,(H2,14,15). The molecule has 106 valence electrons.